The van der Waals surface area contributed by atoms with Crippen LogP contribution in [0.3, 0.4) is 0 Å². The molecule has 1 aliphatic rings. The molecule has 1 saturated heterocycles. The minimum absolute atomic E-state index is 0.00464. The van der Waals surface area contributed by atoms with E-state index in [1.165, 1.54) is 30.2 Å². The topological polar surface area (TPSA) is 75.7 Å². The molecule has 0 spiro atoms. The number of carbonyl (C=O) groups is 1. The van der Waals surface area contributed by atoms with Gasteiger partial charge in [0, 0.05) is 31.1 Å². The predicted octanol–water partition coefficient (Wildman–Crippen LogP) is 1.36. The van der Waals surface area contributed by atoms with Gasteiger partial charge in [-0.15, -0.1) is 0 Å². The van der Waals surface area contributed by atoms with E-state index >= 15 is 0 Å². The third kappa shape index (κ3) is 4.29. The second kappa shape index (κ2) is 7.10. The summed E-state index contributed by atoms with van der Waals surface area (Å²) in [6.07, 6.45) is 0.656. The first-order valence-corrected chi connectivity index (χ1v) is 8.66. The number of hydrogen-bond acceptors (Lipinski definition) is 4. The van der Waals surface area contributed by atoms with Gasteiger partial charge in [-0.05, 0) is 24.5 Å². The molecule has 0 aliphatic carbocycles. The number of benzene rings is 1. The van der Waals surface area contributed by atoms with Crippen molar-refractivity contribution in [3.05, 3.63) is 41.6 Å². The monoisotopic (exact) mass is 342 g/mol. The summed E-state index contributed by atoms with van der Waals surface area (Å²) >= 11 is 0. The molecule has 1 aromatic carbocycles. The van der Waals surface area contributed by atoms with Crippen molar-refractivity contribution in [2.24, 2.45) is 5.92 Å². The Balaban J connectivity index is 1.98. The van der Waals surface area contributed by atoms with E-state index in [1.54, 1.807) is 0 Å². The van der Waals surface area contributed by atoms with E-state index in [2.05, 4.69) is 11.3 Å². The van der Waals surface area contributed by atoms with Crippen molar-refractivity contribution in [2.75, 3.05) is 26.7 Å². The first-order valence-electron chi connectivity index (χ1n) is 7.11. The third-order valence-corrected chi connectivity index (χ3v) is 4.78. The van der Waals surface area contributed by atoms with Crippen molar-refractivity contribution in [2.45, 2.75) is 6.42 Å². The zero-order valence-corrected chi connectivity index (χ0v) is 13.6. The maximum atomic E-state index is 14.0. The van der Waals surface area contributed by atoms with Crippen molar-refractivity contribution in [1.82, 2.24) is 9.62 Å². The van der Waals surface area contributed by atoms with Crippen molar-refractivity contribution in [3.8, 4) is 5.75 Å². The number of methoxy groups -OCH3 is 1. The Morgan fingerprint density at radius 2 is 2.30 bits per heavy atom. The lowest BCUT2D eigenvalue weighted by Crippen LogP contribution is -2.32. The predicted molar refractivity (Wildman–Crippen MR) is 84.1 cm³/mol. The zero-order valence-electron chi connectivity index (χ0n) is 12.8. The zero-order chi connectivity index (χ0) is 17.0. The molecule has 1 fully saturated rings. The number of halogens is 1. The molecular formula is C15H19FN2O4S. The van der Waals surface area contributed by atoms with E-state index in [4.69, 9.17) is 4.74 Å². The van der Waals surface area contributed by atoms with Gasteiger partial charge in [-0.25, -0.2) is 17.5 Å². The highest BCUT2D eigenvalue weighted by atomic mass is 32.2. The summed E-state index contributed by atoms with van der Waals surface area (Å²) in [5.74, 6) is -0.698. The van der Waals surface area contributed by atoms with E-state index in [0.717, 1.165) is 5.41 Å². The van der Waals surface area contributed by atoms with Crippen LogP contribution in [0.5, 0.6) is 5.75 Å². The number of nitrogens with one attached hydrogen (secondary N) is 1. The first kappa shape index (κ1) is 17.4. The standard InChI is InChI=1S/C15H19FN2O4S/c1-3-23(20,21)17-9-11-6-7-18(10-11)15(19)13-5-4-12(22-2)8-14(13)16/h3-5,8,11,17H,1,6-7,9-10H2,2H3. The van der Waals surface area contributed by atoms with Crippen LogP contribution in [0.4, 0.5) is 4.39 Å². The molecule has 0 bridgehead atoms. The highest BCUT2D eigenvalue weighted by molar-refractivity contribution is 7.92. The molecule has 126 valence electrons. The average molecular weight is 342 g/mol. The summed E-state index contributed by atoms with van der Waals surface area (Å²) in [6, 6.07) is 4.09. The van der Waals surface area contributed by atoms with Crippen molar-refractivity contribution in [1.29, 1.82) is 0 Å². The van der Waals surface area contributed by atoms with Crippen molar-refractivity contribution < 1.29 is 22.3 Å². The van der Waals surface area contributed by atoms with Gasteiger partial charge in [-0.3, -0.25) is 4.79 Å². The lowest BCUT2D eigenvalue weighted by Gasteiger charge is -2.17. The molecule has 1 atom stereocenters. The normalized spacial score (nSPS) is 18.0. The van der Waals surface area contributed by atoms with E-state index in [1.807, 2.05) is 0 Å². The number of carbonyl (C=O) groups excluding carboxylic acids is 1. The van der Waals surface area contributed by atoms with Crippen molar-refractivity contribution in [3.63, 3.8) is 0 Å². The number of amides is 1. The molecule has 1 aliphatic heterocycles. The first-order chi connectivity index (χ1) is 10.9. The maximum Gasteiger partial charge on any atom is 0.256 e. The average Bonchev–Trinajstić information content (AvgIpc) is 3.01. The second-order valence-corrected chi connectivity index (χ2v) is 7.02. The van der Waals surface area contributed by atoms with Crippen LogP contribution < -0.4 is 9.46 Å². The number of sulfonamides is 1. The second-order valence-electron chi connectivity index (χ2n) is 5.31. The molecule has 0 aromatic heterocycles. The van der Waals surface area contributed by atoms with Gasteiger partial charge in [-0.2, -0.15) is 0 Å². The molecule has 6 nitrogen and oxygen atoms in total. The molecular weight excluding hydrogens is 323 g/mol. The fraction of sp³-hybridized carbons (Fsp3) is 0.400. The summed E-state index contributed by atoms with van der Waals surface area (Å²) in [5, 5.41) is 0.845. The lowest BCUT2D eigenvalue weighted by atomic mass is 10.1. The molecule has 1 heterocycles. The fourth-order valence-electron chi connectivity index (χ4n) is 2.44. The minimum atomic E-state index is -3.47. The molecule has 1 amide bonds. The highest BCUT2D eigenvalue weighted by Crippen LogP contribution is 2.22. The Hall–Kier alpha value is -1.93. The van der Waals surface area contributed by atoms with Gasteiger partial charge in [0.25, 0.3) is 5.91 Å². The minimum Gasteiger partial charge on any atom is -0.497 e. The van der Waals surface area contributed by atoms with E-state index in [9.17, 15) is 17.6 Å². The maximum absolute atomic E-state index is 14.0. The Morgan fingerprint density at radius 1 is 1.57 bits per heavy atom. The molecule has 1 N–H and O–H groups in total. The molecule has 0 saturated carbocycles. The fourth-order valence-corrected chi connectivity index (χ4v) is 3.03. The number of nitrogens with zero attached hydrogens (tertiary/aromatic N) is 1. The van der Waals surface area contributed by atoms with Crippen LogP contribution in [0.15, 0.2) is 30.2 Å². The largest absolute Gasteiger partial charge is 0.497 e. The van der Waals surface area contributed by atoms with Gasteiger partial charge in [0.2, 0.25) is 10.0 Å². The third-order valence-electron chi connectivity index (χ3n) is 3.77. The molecule has 1 aromatic rings. The van der Waals surface area contributed by atoms with Gasteiger partial charge in [-0.1, -0.05) is 6.58 Å². The van der Waals surface area contributed by atoms with Crippen LogP contribution in [0, 0.1) is 11.7 Å². The van der Waals surface area contributed by atoms with E-state index in [-0.39, 0.29) is 18.0 Å². The summed E-state index contributed by atoms with van der Waals surface area (Å²) < 4.78 is 43.9. The summed E-state index contributed by atoms with van der Waals surface area (Å²) in [7, 11) is -2.05. The van der Waals surface area contributed by atoms with Crippen molar-refractivity contribution >= 4 is 15.9 Å². The van der Waals surface area contributed by atoms with Gasteiger partial charge < -0.3 is 9.64 Å². The van der Waals surface area contributed by atoms with Crippen LogP contribution >= 0.6 is 0 Å². The van der Waals surface area contributed by atoms with Crippen LogP contribution in [-0.2, 0) is 10.0 Å². The van der Waals surface area contributed by atoms with Crippen LogP contribution in [0.25, 0.3) is 0 Å². The Labute approximate surface area is 135 Å². The molecule has 8 heteroatoms. The Kier molecular flexibility index (Phi) is 5.38. The number of ether oxygens (including phenoxy) is 1. The van der Waals surface area contributed by atoms with E-state index in [0.29, 0.717) is 25.3 Å². The van der Waals surface area contributed by atoms with Gasteiger partial charge in [0.15, 0.2) is 0 Å². The smallest absolute Gasteiger partial charge is 0.256 e. The molecule has 23 heavy (non-hydrogen) atoms. The molecule has 2 rings (SSSR count). The number of rotatable bonds is 6. The molecule has 0 radical (unpaired) electrons. The van der Waals surface area contributed by atoms with Crippen LogP contribution in [0.2, 0.25) is 0 Å². The van der Waals surface area contributed by atoms with Crippen LogP contribution in [-0.4, -0.2) is 46.0 Å². The van der Waals surface area contributed by atoms with Gasteiger partial charge >= 0.3 is 0 Å². The van der Waals surface area contributed by atoms with Gasteiger partial charge in [0.05, 0.1) is 12.7 Å². The van der Waals surface area contributed by atoms with E-state index < -0.39 is 21.7 Å². The quantitative estimate of drug-likeness (QED) is 0.847. The van der Waals surface area contributed by atoms with Crippen LogP contribution in [0.1, 0.15) is 16.8 Å². The number of hydrogen-bond donors (Lipinski definition) is 1. The summed E-state index contributed by atoms with van der Waals surface area (Å²) in [5.41, 5.74) is -0.0156. The Morgan fingerprint density at radius 3 is 2.91 bits per heavy atom. The Bertz CT molecular complexity index is 705. The SMILES string of the molecule is C=CS(=O)(=O)NCC1CCN(C(=O)c2ccc(OC)cc2F)C1. The van der Waals surface area contributed by atoms with Gasteiger partial charge in [0.1, 0.15) is 11.6 Å². The number of likely N-dealkylation sites (tertiary alicyclic amines) is 1. The summed E-state index contributed by atoms with van der Waals surface area (Å²) in [4.78, 5) is 13.9. The molecule has 1 unspecified atom stereocenters. The lowest BCUT2D eigenvalue weighted by molar-refractivity contribution is 0.0783. The summed E-state index contributed by atoms with van der Waals surface area (Å²) in [6.45, 7) is 4.28. The highest BCUT2D eigenvalue weighted by Gasteiger charge is 2.28.